The zero-order valence-electron chi connectivity index (χ0n) is 11.9. The molecule has 1 aromatic rings. The Balaban J connectivity index is 1.83. The number of carboxylic acid groups (broad SMARTS) is 1. The van der Waals surface area contributed by atoms with Gasteiger partial charge in [-0.3, -0.25) is 9.69 Å². The second kappa shape index (κ2) is 7.44. The number of nitriles is 1. The van der Waals surface area contributed by atoms with E-state index >= 15 is 0 Å². The molecule has 1 N–H and O–H groups in total. The first-order valence-electron chi connectivity index (χ1n) is 7.21. The Bertz CT molecular complexity index is 546. The highest BCUT2D eigenvalue weighted by Crippen LogP contribution is 2.25. The van der Waals surface area contributed by atoms with E-state index in [4.69, 9.17) is 22.0 Å². The third-order valence-electron chi connectivity index (χ3n) is 4.05. The molecule has 0 bridgehead atoms. The van der Waals surface area contributed by atoms with E-state index in [1.165, 1.54) is 0 Å². The van der Waals surface area contributed by atoms with E-state index in [-0.39, 0.29) is 6.42 Å². The zero-order chi connectivity index (χ0) is 15.2. The van der Waals surface area contributed by atoms with E-state index < -0.39 is 5.97 Å². The average molecular weight is 307 g/mol. The number of halogens is 1. The van der Waals surface area contributed by atoms with Gasteiger partial charge in [0, 0.05) is 18.0 Å². The van der Waals surface area contributed by atoms with E-state index in [0.717, 1.165) is 44.5 Å². The minimum atomic E-state index is -0.707. The summed E-state index contributed by atoms with van der Waals surface area (Å²) in [6, 6.07) is 7.49. The molecule has 0 unspecified atom stereocenters. The van der Waals surface area contributed by atoms with Gasteiger partial charge in [0.1, 0.15) is 0 Å². The monoisotopic (exact) mass is 306 g/mol. The van der Waals surface area contributed by atoms with E-state index in [1.807, 2.05) is 6.07 Å². The second-order valence-corrected chi connectivity index (χ2v) is 5.98. The minimum Gasteiger partial charge on any atom is -0.481 e. The summed E-state index contributed by atoms with van der Waals surface area (Å²) in [5.41, 5.74) is 1.62. The molecular weight excluding hydrogens is 288 g/mol. The van der Waals surface area contributed by atoms with E-state index in [9.17, 15) is 4.79 Å². The predicted octanol–water partition coefficient (Wildman–Crippen LogP) is 3.29. The van der Waals surface area contributed by atoms with Crippen molar-refractivity contribution in [1.82, 2.24) is 4.90 Å². The summed E-state index contributed by atoms with van der Waals surface area (Å²) in [5, 5.41) is 18.2. The van der Waals surface area contributed by atoms with Crippen molar-refractivity contribution in [3.8, 4) is 6.07 Å². The zero-order valence-corrected chi connectivity index (χ0v) is 12.6. The van der Waals surface area contributed by atoms with Gasteiger partial charge < -0.3 is 5.11 Å². The molecular formula is C16H19ClN2O2. The van der Waals surface area contributed by atoms with E-state index in [2.05, 4.69) is 11.0 Å². The third-order valence-corrected chi connectivity index (χ3v) is 4.40. The first kappa shape index (κ1) is 15.8. The predicted molar refractivity (Wildman–Crippen MR) is 81.0 cm³/mol. The fourth-order valence-corrected chi connectivity index (χ4v) is 2.99. The molecule has 1 fully saturated rings. The van der Waals surface area contributed by atoms with Gasteiger partial charge in [-0.1, -0.05) is 17.7 Å². The average Bonchev–Trinajstić information content (AvgIpc) is 2.48. The van der Waals surface area contributed by atoms with Crippen LogP contribution in [0.1, 0.15) is 36.8 Å². The highest BCUT2D eigenvalue weighted by atomic mass is 35.5. The number of likely N-dealkylation sites (tertiary alicyclic amines) is 1. The maximum Gasteiger partial charge on any atom is 0.303 e. The number of hydrogen-bond acceptors (Lipinski definition) is 3. The largest absolute Gasteiger partial charge is 0.481 e. The first-order valence-corrected chi connectivity index (χ1v) is 7.59. The second-order valence-electron chi connectivity index (χ2n) is 5.57. The third kappa shape index (κ3) is 4.73. The summed E-state index contributed by atoms with van der Waals surface area (Å²) in [6.07, 6.45) is 3.13. The SMILES string of the molecule is N#Cc1ccc(CN2CCC(CCC(=O)O)CC2)c(Cl)c1. The number of piperidine rings is 1. The minimum absolute atomic E-state index is 0.270. The Morgan fingerprint density at radius 1 is 1.43 bits per heavy atom. The lowest BCUT2D eigenvalue weighted by Gasteiger charge is -2.32. The Labute approximate surface area is 129 Å². The van der Waals surface area contributed by atoms with Crippen molar-refractivity contribution in [3.05, 3.63) is 34.3 Å². The van der Waals surface area contributed by atoms with Gasteiger partial charge in [0.15, 0.2) is 0 Å². The van der Waals surface area contributed by atoms with Crippen molar-refractivity contribution in [2.75, 3.05) is 13.1 Å². The lowest BCUT2D eigenvalue weighted by Crippen LogP contribution is -2.33. The fraction of sp³-hybridized carbons (Fsp3) is 0.500. The van der Waals surface area contributed by atoms with Gasteiger partial charge in [-0.25, -0.2) is 0 Å². The molecule has 1 aliphatic rings. The number of rotatable bonds is 5. The molecule has 0 amide bonds. The molecule has 1 aliphatic heterocycles. The smallest absolute Gasteiger partial charge is 0.303 e. The van der Waals surface area contributed by atoms with Gasteiger partial charge in [-0.2, -0.15) is 5.26 Å². The molecule has 0 atom stereocenters. The van der Waals surface area contributed by atoms with Crippen LogP contribution in [0.15, 0.2) is 18.2 Å². The Hall–Kier alpha value is -1.57. The van der Waals surface area contributed by atoms with Gasteiger partial charge in [-0.15, -0.1) is 0 Å². The van der Waals surface area contributed by atoms with Crippen LogP contribution in [-0.4, -0.2) is 29.1 Å². The molecule has 1 aromatic carbocycles. The van der Waals surface area contributed by atoms with Crippen molar-refractivity contribution < 1.29 is 9.90 Å². The number of benzene rings is 1. The maximum atomic E-state index is 10.6. The van der Waals surface area contributed by atoms with Crippen LogP contribution in [0.25, 0.3) is 0 Å². The molecule has 21 heavy (non-hydrogen) atoms. The fourth-order valence-electron chi connectivity index (χ4n) is 2.75. The number of carbonyl (C=O) groups is 1. The van der Waals surface area contributed by atoms with Crippen LogP contribution in [0.4, 0.5) is 0 Å². The van der Waals surface area contributed by atoms with Gasteiger partial charge in [0.25, 0.3) is 0 Å². The summed E-state index contributed by atoms with van der Waals surface area (Å²) in [4.78, 5) is 12.9. The molecule has 0 radical (unpaired) electrons. The van der Waals surface area contributed by atoms with Crippen molar-refractivity contribution in [3.63, 3.8) is 0 Å². The van der Waals surface area contributed by atoms with Crippen LogP contribution in [-0.2, 0) is 11.3 Å². The van der Waals surface area contributed by atoms with Crippen molar-refractivity contribution in [2.45, 2.75) is 32.2 Å². The molecule has 0 spiro atoms. The lowest BCUT2D eigenvalue weighted by molar-refractivity contribution is -0.137. The molecule has 5 heteroatoms. The summed E-state index contributed by atoms with van der Waals surface area (Å²) in [7, 11) is 0. The molecule has 0 aliphatic carbocycles. The molecule has 1 saturated heterocycles. The molecule has 112 valence electrons. The topological polar surface area (TPSA) is 64.3 Å². The van der Waals surface area contributed by atoms with Crippen LogP contribution in [0.2, 0.25) is 5.02 Å². The number of carboxylic acids is 1. The van der Waals surface area contributed by atoms with Crippen molar-refractivity contribution in [2.24, 2.45) is 5.92 Å². The van der Waals surface area contributed by atoms with Crippen LogP contribution < -0.4 is 0 Å². The Morgan fingerprint density at radius 2 is 2.14 bits per heavy atom. The highest BCUT2D eigenvalue weighted by molar-refractivity contribution is 6.31. The number of hydrogen-bond donors (Lipinski definition) is 1. The van der Waals surface area contributed by atoms with Gasteiger partial charge in [0.2, 0.25) is 0 Å². The van der Waals surface area contributed by atoms with Crippen LogP contribution >= 0.6 is 11.6 Å². The standard InChI is InChI=1S/C16H19ClN2O2/c17-15-9-13(10-18)1-3-14(15)11-19-7-5-12(6-8-19)2-4-16(20)21/h1,3,9,12H,2,4-8,11H2,(H,20,21). The van der Waals surface area contributed by atoms with Gasteiger partial charge >= 0.3 is 5.97 Å². The molecule has 4 nitrogen and oxygen atoms in total. The van der Waals surface area contributed by atoms with E-state index in [1.54, 1.807) is 12.1 Å². The van der Waals surface area contributed by atoms with E-state index in [0.29, 0.717) is 16.5 Å². The lowest BCUT2D eigenvalue weighted by atomic mass is 9.92. The van der Waals surface area contributed by atoms with Gasteiger partial charge in [0.05, 0.1) is 11.6 Å². The molecule has 2 rings (SSSR count). The van der Waals surface area contributed by atoms with Crippen molar-refractivity contribution >= 4 is 17.6 Å². The van der Waals surface area contributed by atoms with Crippen molar-refractivity contribution in [1.29, 1.82) is 5.26 Å². The molecule has 0 aromatic heterocycles. The maximum absolute atomic E-state index is 10.6. The van der Waals surface area contributed by atoms with Crippen LogP contribution in [0.5, 0.6) is 0 Å². The molecule has 0 saturated carbocycles. The van der Waals surface area contributed by atoms with Crippen LogP contribution in [0.3, 0.4) is 0 Å². The number of aliphatic carboxylic acids is 1. The van der Waals surface area contributed by atoms with Gasteiger partial charge in [-0.05, 0) is 56.0 Å². The van der Waals surface area contributed by atoms with Crippen LogP contribution in [0, 0.1) is 17.2 Å². The number of nitrogens with zero attached hydrogens (tertiary/aromatic N) is 2. The normalized spacial score (nSPS) is 16.6. The quantitative estimate of drug-likeness (QED) is 0.906. The highest BCUT2D eigenvalue weighted by Gasteiger charge is 2.20. The summed E-state index contributed by atoms with van der Waals surface area (Å²) in [5.74, 6) is -0.185. The molecule has 1 heterocycles. The Morgan fingerprint density at radius 3 is 2.71 bits per heavy atom. The summed E-state index contributed by atoms with van der Waals surface area (Å²) < 4.78 is 0. The summed E-state index contributed by atoms with van der Waals surface area (Å²) in [6.45, 7) is 2.73. The first-order chi connectivity index (χ1) is 10.1. The summed E-state index contributed by atoms with van der Waals surface area (Å²) >= 11 is 6.20. The Kier molecular flexibility index (Phi) is 5.60.